The Morgan fingerprint density at radius 2 is 1.94 bits per heavy atom. The summed E-state index contributed by atoms with van der Waals surface area (Å²) in [5, 5.41) is 10.7. The molecule has 2 aromatic carbocycles. The molecule has 32 heavy (non-hydrogen) atoms. The van der Waals surface area contributed by atoms with Gasteiger partial charge in [-0.3, -0.25) is 4.79 Å². The summed E-state index contributed by atoms with van der Waals surface area (Å²) in [7, 11) is 1.59. The molecular weight excluding hydrogens is 424 g/mol. The second kappa shape index (κ2) is 8.21. The molecule has 2 heterocycles. The fourth-order valence-electron chi connectivity index (χ4n) is 4.55. The van der Waals surface area contributed by atoms with Gasteiger partial charge in [-0.2, -0.15) is 5.26 Å². The van der Waals surface area contributed by atoms with Gasteiger partial charge in [0.25, 0.3) is 0 Å². The maximum Gasteiger partial charge on any atom is 0.240 e. The van der Waals surface area contributed by atoms with E-state index in [1.165, 1.54) is 12.8 Å². The summed E-state index contributed by atoms with van der Waals surface area (Å²) in [6.07, 6.45) is 4.58. The number of fused-ring (bicyclic) bond motifs is 3. The number of methoxy groups -OCH3 is 1. The molecule has 1 aromatic heterocycles. The van der Waals surface area contributed by atoms with E-state index >= 15 is 0 Å². The summed E-state index contributed by atoms with van der Waals surface area (Å²) >= 11 is 1.14. The molecule has 7 heteroatoms. The van der Waals surface area contributed by atoms with Crippen LogP contribution in [0.5, 0.6) is 17.2 Å². The molecule has 5 rings (SSSR count). The number of nitrogens with zero attached hydrogens (tertiary/aromatic N) is 1. The van der Waals surface area contributed by atoms with Crippen molar-refractivity contribution in [3.8, 4) is 23.3 Å². The van der Waals surface area contributed by atoms with Crippen LogP contribution in [0.25, 0.3) is 10.1 Å². The highest BCUT2D eigenvalue weighted by Crippen LogP contribution is 2.46. The van der Waals surface area contributed by atoms with Gasteiger partial charge in [0.1, 0.15) is 17.4 Å². The quantitative estimate of drug-likeness (QED) is 0.618. The highest BCUT2D eigenvalue weighted by molar-refractivity contribution is 7.16. The highest BCUT2D eigenvalue weighted by Gasteiger charge is 2.35. The van der Waals surface area contributed by atoms with Crippen molar-refractivity contribution in [2.45, 2.75) is 37.7 Å². The van der Waals surface area contributed by atoms with E-state index in [4.69, 9.17) is 19.9 Å². The van der Waals surface area contributed by atoms with Gasteiger partial charge >= 0.3 is 0 Å². The van der Waals surface area contributed by atoms with Crippen molar-refractivity contribution in [3.05, 3.63) is 74.6 Å². The Morgan fingerprint density at radius 1 is 1.16 bits per heavy atom. The average Bonchev–Trinajstić information content (AvgIpc) is 3.32. The number of rotatable bonds is 4. The van der Waals surface area contributed by atoms with Crippen LogP contribution in [0.15, 0.2) is 58.7 Å². The van der Waals surface area contributed by atoms with E-state index in [-0.39, 0.29) is 22.3 Å². The first-order chi connectivity index (χ1) is 15.6. The van der Waals surface area contributed by atoms with Crippen molar-refractivity contribution in [1.82, 2.24) is 0 Å². The SMILES string of the molecule is COc1cc(C2C(C#N)=C(N)Oc3c2c(=O)sc2ccccc32)ccc1OC1CCCC1. The molecule has 2 N–H and O–H groups in total. The Bertz CT molecular complexity index is 1330. The number of allylic oxidation sites excluding steroid dienone is 1. The molecule has 6 nitrogen and oxygen atoms in total. The number of nitriles is 1. The maximum atomic E-state index is 13.2. The monoisotopic (exact) mass is 446 g/mol. The lowest BCUT2D eigenvalue weighted by Gasteiger charge is -2.27. The normalized spacial score (nSPS) is 18.2. The van der Waals surface area contributed by atoms with Gasteiger partial charge in [0.15, 0.2) is 11.5 Å². The smallest absolute Gasteiger partial charge is 0.240 e. The number of benzene rings is 2. The fraction of sp³-hybridized carbons (Fsp3) is 0.280. The van der Waals surface area contributed by atoms with Gasteiger partial charge in [-0.05, 0) is 55.5 Å². The van der Waals surface area contributed by atoms with Crippen LogP contribution in [0, 0.1) is 11.3 Å². The summed E-state index contributed by atoms with van der Waals surface area (Å²) < 4.78 is 18.2. The van der Waals surface area contributed by atoms with Crippen LogP contribution in [-0.2, 0) is 0 Å². The van der Waals surface area contributed by atoms with Gasteiger partial charge in [0.2, 0.25) is 10.6 Å². The van der Waals surface area contributed by atoms with Crippen molar-refractivity contribution in [2.75, 3.05) is 7.11 Å². The molecule has 0 spiro atoms. The standard InChI is InChI=1S/C25H22N2O4S/c1-29-19-12-14(10-11-18(19)30-15-6-2-3-7-15)21-17(13-26)24(27)31-23-16-8-4-5-9-20(16)32-25(28)22(21)23/h4-5,8-12,15,21H,2-3,6-7,27H2,1H3. The maximum absolute atomic E-state index is 13.2. The van der Waals surface area contributed by atoms with Crippen LogP contribution in [0.2, 0.25) is 0 Å². The Kier molecular flexibility index (Phi) is 5.24. The van der Waals surface area contributed by atoms with Crippen molar-refractivity contribution in [2.24, 2.45) is 5.73 Å². The van der Waals surface area contributed by atoms with Crippen LogP contribution in [0.3, 0.4) is 0 Å². The van der Waals surface area contributed by atoms with Gasteiger partial charge < -0.3 is 19.9 Å². The zero-order chi connectivity index (χ0) is 22.2. The molecule has 162 valence electrons. The molecule has 1 atom stereocenters. The molecule has 1 unspecified atom stereocenters. The van der Waals surface area contributed by atoms with Crippen LogP contribution >= 0.6 is 11.3 Å². The number of nitrogens with two attached hydrogens (primary N) is 1. The topological polar surface area (TPSA) is 94.6 Å². The third-order valence-electron chi connectivity index (χ3n) is 6.09. The van der Waals surface area contributed by atoms with Crippen LogP contribution in [0.4, 0.5) is 0 Å². The number of hydrogen-bond donors (Lipinski definition) is 1. The summed E-state index contributed by atoms with van der Waals surface area (Å²) in [5.74, 6) is 1.00. The highest BCUT2D eigenvalue weighted by atomic mass is 32.1. The molecule has 0 saturated heterocycles. The summed E-state index contributed by atoms with van der Waals surface area (Å²) in [6.45, 7) is 0. The van der Waals surface area contributed by atoms with E-state index in [1.54, 1.807) is 7.11 Å². The van der Waals surface area contributed by atoms with Gasteiger partial charge in [-0.1, -0.05) is 29.5 Å². The first kappa shape index (κ1) is 20.4. The third-order valence-corrected chi connectivity index (χ3v) is 7.07. The van der Waals surface area contributed by atoms with Gasteiger partial charge in [0, 0.05) is 10.1 Å². The minimum atomic E-state index is -0.647. The van der Waals surface area contributed by atoms with E-state index in [0.29, 0.717) is 22.8 Å². The van der Waals surface area contributed by atoms with Gasteiger partial charge in [0.05, 0.1) is 24.7 Å². The lowest BCUT2D eigenvalue weighted by Crippen LogP contribution is -2.25. The molecule has 1 fully saturated rings. The van der Waals surface area contributed by atoms with Crippen molar-refractivity contribution in [3.63, 3.8) is 0 Å². The first-order valence-electron chi connectivity index (χ1n) is 10.6. The van der Waals surface area contributed by atoms with Gasteiger partial charge in [-0.25, -0.2) is 0 Å². The lowest BCUT2D eigenvalue weighted by atomic mass is 9.84. The van der Waals surface area contributed by atoms with Crippen LogP contribution in [-0.4, -0.2) is 13.2 Å². The van der Waals surface area contributed by atoms with Gasteiger partial charge in [-0.15, -0.1) is 0 Å². The van der Waals surface area contributed by atoms with E-state index in [2.05, 4.69) is 6.07 Å². The fourth-order valence-corrected chi connectivity index (χ4v) is 5.48. The molecule has 0 amide bonds. The zero-order valence-corrected chi connectivity index (χ0v) is 18.4. The lowest BCUT2D eigenvalue weighted by molar-refractivity contribution is 0.200. The second-order valence-corrected chi connectivity index (χ2v) is 9.00. The largest absolute Gasteiger partial charge is 0.493 e. The summed E-state index contributed by atoms with van der Waals surface area (Å²) in [4.78, 5) is 13.2. The van der Waals surface area contributed by atoms with Crippen LogP contribution < -0.4 is 24.7 Å². The Labute approximate surface area is 189 Å². The Hall–Kier alpha value is -3.50. The van der Waals surface area contributed by atoms with Crippen molar-refractivity contribution < 1.29 is 14.2 Å². The predicted molar refractivity (Wildman–Crippen MR) is 123 cm³/mol. The number of hydrogen-bond acceptors (Lipinski definition) is 7. The zero-order valence-electron chi connectivity index (χ0n) is 17.6. The molecule has 1 aliphatic carbocycles. The molecule has 0 bridgehead atoms. The Morgan fingerprint density at radius 3 is 2.69 bits per heavy atom. The van der Waals surface area contributed by atoms with E-state index in [1.807, 2.05) is 42.5 Å². The van der Waals surface area contributed by atoms with E-state index in [9.17, 15) is 10.1 Å². The predicted octanol–water partition coefficient (Wildman–Crippen LogP) is 4.81. The molecule has 0 radical (unpaired) electrons. The minimum Gasteiger partial charge on any atom is -0.493 e. The second-order valence-electron chi connectivity index (χ2n) is 7.99. The molecular formula is C25H22N2O4S. The Balaban J connectivity index is 1.66. The summed E-state index contributed by atoms with van der Waals surface area (Å²) in [6, 6.07) is 15.2. The first-order valence-corrected chi connectivity index (χ1v) is 11.4. The molecule has 1 saturated carbocycles. The van der Waals surface area contributed by atoms with Crippen molar-refractivity contribution >= 4 is 21.4 Å². The molecule has 2 aliphatic rings. The minimum absolute atomic E-state index is 0.0102. The molecule has 3 aromatic rings. The summed E-state index contributed by atoms with van der Waals surface area (Å²) in [5.41, 5.74) is 7.52. The molecule has 1 aliphatic heterocycles. The van der Waals surface area contributed by atoms with Crippen LogP contribution in [0.1, 0.15) is 42.7 Å². The van der Waals surface area contributed by atoms with Crippen molar-refractivity contribution in [1.29, 1.82) is 5.26 Å². The van der Waals surface area contributed by atoms with E-state index < -0.39 is 5.92 Å². The third kappa shape index (κ3) is 3.37. The average molecular weight is 447 g/mol. The number of ether oxygens (including phenoxy) is 3. The van der Waals surface area contributed by atoms with E-state index in [0.717, 1.165) is 39.8 Å².